The van der Waals surface area contributed by atoms with Gasteiger partial charge in [-0.15, -0.1) is 0 Å². The Morgan fingerprint density at radius 1 is 0.962 bits per heavy atom. The van der Waals surface area contributed by atoms with E-state index in [0.717, 1.165) is 46.1 Å². The second kappa shape index (κ2) is 6.77. The fraction of sp³-hybridized carbons (Fsp3) is 0.238. The van der Waals surface area contributed by atoms with Crippen LogP contribution in [-0.4, -0.2) is 27.4 Å². The van der Waals surface area contributed by atoms with Gasteiger partial charge >= 0.3 is 0 Å². The molecule has 2 heterocycles. The third-order valence-electron chi connectivity index (χ3n) is 4.59. The van der Waals surface area contributed by atoms with Gasteiger partial charge in [0, 0.05) is 12.1 Å². The molecule has 0 unspecified atom stereocenters. The zero-order valence-electron chi connectivity index (χ0n) is 15.1. The largest absolute Gasteiger partial charge is 0.496 e. The summed E-state index contributed by atoms with van der Waals surface area (Å²) >= 11 is 0. The SMILES string of the molecule is CCOOc1cccc2c1-c1cccc(OC)c1C1=C(OC)C=CCN12. The van der Waals surface area contributed by atoms with Crippen LogP contribution in [0.25, 0.3) is 16.8 Å². The molecule has 5 heteroatoms. The lowest BCUT2D eigenvalue weighted by molar-refractivity contribution is -0.201. The highest BCUT2D eigenvalue weighted by atomic mass is 17.2. The summed E-state index contributed by atoms with van der Waals surface area (Å²) in [6.07, 6.45) is 4.09. The molecule has 5 nitrogen and oxygen atoms in total. The molecule has 0 fully saturated rings. The summed E-state index contributed by atoms with van der Waals surface area (Å²) in [6.45, 7) is 3.11. The Kier molecular flexibility index (Phi) is 4.31. The summed E-state index contributed by atoms with van der Waals surface area (Å²) in [4.78, 5) is 13.0. The Labute approximate surface area is 153 Å². The number of rotatable bonds is 5. The molecule has 0 N–H and O–H groups in total. The predicted octanol–water partition coefficient (Wildman–Crippen LogP) is 4.40. The molecule has 0 bridgehead atoms. The van der Waals surface area contributed by atoms with Gasteiger partial charge in [-0.3, -0.25) is 0 Å². The van der Waals surface area contributed by atoms with Gasteiger partial charge in [0.2, 0.25) is 0 Å². The van der Waals surface area contributed by atoms with Gasteiger partial charge in [-0.05, 0) is 31.2 Å². The van der Waals surface area contributed by atoms with Crippen molar-refractivity contribution in [1.29, 1.82) is 0 Å². The minimum absolute atomic E-state index is 0.472. The number of anilines is 1. The quantitative estimate of drug-likeness (QED) is 0.590. The highest BCUT2D eigenvalue weighted by Gasteiger charge is 2.34. The van der Waals surface area contributed by atoms with E-state index >= 15 is 0 Å². The normalized spacial score (nSPS) is 14.5. The van der Waals surface area contributed by atoms with Gasteiger partial charge in [0.1, 0.15) is 11.5 Å². The van der Waals surface area contributed by atoms with Crippen LogP contribution in [0.15, 0.2) is 54.3 Å². The second-order valence-electron chi connectivity index (χ2n) is 5.95. The van der Waals surface area contributed by atoms with E-state index in [1.165, 1.54) is 0 Å². The van der Waals surface area contributed by atoms with Gasteiger partial charge in [0.25, 0.3) is 0 Å². The van der Waals surface area contributed by atoms with Crippen LogP contribution >= 0.6 is 0 Å². The Morgan fingerprint density at radius 3 is 2.54 bits per heavy atom. The van der Waals surface area contributed by atoms with Crippen LogP contribution in [0.3, 0.4) is 0 Å². The van der Waals surface area contributed by atoms with Crippen LogP contribution in [0.4, 0.5) is 5.69 Å². The van der Waals surface area contributed by atoms with Gasteiger partial charge < -0.3 is 19.3 Å². The van der Waals surface area contributed by atoms with Crippen molar-refractivity contribution in [2.75, 3.05) is 32.3 Å². The third-order valence-corrected chi connectivity index (χ3v) is 4.59. The molecule has 4 rings (SSSR count). The van der Waals surface area contributed by atoms with Crippen LogP contribution in [0.5, 0.6) is 11.5 Å². The third kappa shape index (κ3) is 2.44. The highest BCUT2D eigenvalue weighted by molar-refractivity contribution is 6.04. The van der Waals surface area contributed by atoms with Gasteiger partial charge in [0.15, 0.2) is 5.75 Å². The van der Waals surface area contributed by atoms with E-state index in [-0.39, 0.29) is 0 Å². The molecule has 2 aromatic rings. The highest BCUT2D eigenvalue weighted by Crippen LogP contribution is 2.52. The maximum Gasteiger partial charge on any atom is 0.175 e. The minimum Gasteiger partial charge on any atom is -0.496 e. The van der Waals surface area contributed by atoms with Crippen LogP contribution < -0.4 is 14.5 Å². The maximum absolute atomic E-state index is 5.68. The Hall–Kier alpha value is -2.92. The molecular weight excluding hydrogens is 330 g/mol. The van der Waals surface area contributed by atoms with E-state index in [9.17, 15) is 0 Å². The number of nitrogens with zero attached hydrogens (tertiary/aromatic N) is 1. The number of methoxy groups -OCH3 is 2. The second-order valence-corrected chi connectivity index (χ2v) is 5.95. The molecule has 0 amide bonds. The summed E-state index contributed by atoms with van der Waals surface area (Å²) in [5, 5.41) is 0. The van der Waals surface area contributed by atoms with Crippen molar-refractivity contribution >= 4 is 11.4 Å². The van der Waals surface area contributed by atoms with Crippen molar-refractivity contribution in [2.24, 2.45) is 0 Å². The van der Waals surface area contributed by atoms with E-state index in [1.54, 1.807) is 14.2 Å². The Balaban J connectivity index is 2.04. The van der Waals surface area contributed by atoms with E-state index < -0.39 is 0 Å². The molecule has 0 saturated carbocycles. The van der Waals surface area contributed by atoms with Crippen molar-refractivity contribution in [3.8, 4) is 22.6 Å². The Morgan fingerprint density at radius 2 is 1.77 bits per heavy atom. The monoisotopic (exact) mass is 351 g/mol. The molecular formula is C21H21NO4. The number of ether oxygens (including phenoxy) is 2. The molecule has 0 radical (unpaired) electrons. The lowest BCUT2D eigenvalue weighted by Gasteiger charge is -2.37. The molecule has 2 aliphatic rings. The lowest BCUT2D eigenvalue weighted by atomic mass is 9.88. The molecule has 0 aliphatic carbocycles. The first-order valence-electron chi connectivity index (χ1n) is 8.62. The Bertz CT molecular complexity index is 901. The van der Waals surface area contributed by atoms with E-state index in [4.69, 9.17) is 19.2 Å². The topological polar surface area (TPSA) is 40.2 Å². The van der Waals surface area contributed by atoms with Gasteiger partial charge in [0.05, 0.1) is 43.3 Å². The van der Waals surface area contributed by atoms with Crippen molar-refractivity contribution in [3.05, 3.63) is 59.9 Å². The molecule has 134 valence electrons. The van der Waals surface area contributed by atoms with Crippen LogP contribution in [0.2, 0.25) is 0 Å². The van der Waals surface area contributed by atoms with Gasteiger partial charge in [-0.1, -0.05) is 24.3 Å². The molecule has 0 atom stereocenters. The minimum atomic E-state index is 0.472. The van der Waals surface area contributed by atoms with Gasteiger partial charge in [-0.25, -0.2) is 0 Å². The first-order chi connectivity index (χ1) is 12.8. The first kappa shape index (κ1) is 16.5. The van der Waals surface area contributed by atoms with Crippen LogP contribution in [0, 0.1) is 0 Å². The van der Waals surface area contributed by atoms with Gasteiger partial charge in [-0.2, -0.15) is 4.89 Å². The van der Waals surface area contributed by atoms with E-state index in [0.29, 0.717) is 12.4 Å². The summed E-state index contributed by atoms with van der Waals surface area (Å²) in [7, 11) is 3.37. The summed E-state index contributed by atoms with van der Waals surface area (Å²) in [5.74, 6) is 2.29. The maximum atomic E-state index is 5.68. The molecule has 0 aromatic heterocycles. The summed E-state index contributed by atoms with van der Waals surface area (Å²) in [5.41, 5.74) is 5.08. The molecule has 2 aliphatic heterocycles. The zero-order chi connectivity index (χ0) is 18.1. The predicted molar refractivity (Wildman–Crippen MR) is 101 cm³/mol. The summed E-state index contributed by atoms with van der Waals surface area (Å²) < 4.78 is 11.3. The smallest absolute Gasteiger partial charge is 0.175 e. The number of hydrogen-bond donors (Lipinski definition) is 0. The average Bonchev–Trinajstić information content (AvgIpc) is 2.70. The number of fused-ring (bicyclic) bond motifs is 6. The molecule has 0 spiro atoms. The molecule has 0 saturated heterocycles. The van der Waals surface area contributed by atoms with Crippen LogP contribution in [-0.2, 0) is 9.62 Å². The fourth-order valence-corrected chi connectivity index (χ4v) is 3.57. The average molecular weight is 351 g/mol. The lowest BCUT2D eigenvalue weighted by Crippen LogP contribution is -2.29. The van der Waals surface area contributed by atoms with Crippen molar-refractivity contribution in [2.45, 2.75) is 6.92 Å². The first-order valence-corrected chi connectivity index (χ1v) is 8.62. The summed E-state index contributed by atoms with van der Waals surface area (Å²) in [6, 6.07) is 12.0. The zero-order valence-corrected chi connectivity index (χ0v) is 15.1. The molecule has 26 heavy (non-hydrogen) atoms. The van der Waals surface area contributed by atoms with Crippen molar-refractivity contribution < 1.29 is 19.2 Å². The van der Waals surface area contributed by atoms with Crippen molar-refractivity contribution in [3.63, 3.8) is 0 Å². The van der Waals surface area contributed by atoms with Crippen LogP contribution in [0.1, 0.15) is 12.5 Å². The van der Waals surface area contributed by atoms with E-state index in [2.05, 4.69) is 23.1 Å². The fourth-order valence-electron chi connectivity index (χ4n) is 3.57. The van der Waals surface area contributed by atoms with Crippen molar-refractivity contribution in [1.82, 2.24) is 0 Å². The molecule has 2 aromatic carbocycles. The number of allylic oxidation sites excluding steroid dienone is 1. The standard InChI is InChI=1S/C21H21NO4/c1-4-25-26-17-11-6-9-15-19(17)14-8-5-10-16(23-2)20(14)21-18(24-3)12-7-13-22(15)21/h5-12H,4,13H2,1-3H3. The number of hydrogen-bond acceptors (Lipinski definition) is 5. The number of benzene rings is 2. The van der Waals surface area contributed by atoms with E-state index in [1.807, 2.05) is 37.3 Å².